The van der Waals surface area contributed by atoms with Gasteiger partial charge in [0.05, 0.1) is 16.6 Å². The molecule has 1 aliphatic carbocycles. The lowest BCUT2D eigenvalue weighted by molar-refractivity contribution is -0.141. The molecule has 0 spiro atoms. The number of hydrogen-bond acceptors (Lipinski definition) is 3. The first-order valence-electron chi connectivity index (χ1n) is 5.59. The van der Waals surface area contributed by atoms with Crippen LogP contribution in [0.3, 0.4) is 0 Å². The molecule has 0 bridgehead atoms. The smallest absolute Gasteiger partial charge is 0.235 e. The minimum absolute atomic E-state index is 0.0254. The van der Waals surface area contributed by atoms with Gasteiger partial charge in [-0.25, -0.2) is 0 Å². The SMILES string of the molecule is CN(Cc1cn[nH]c1)C(=O)C1(C(N)=S)CCC1. The van der Waals surface area contributed by atoms with E-state index in [0.29, 0.717) is 11.5 Å². The summed E-state index contributed by atoms with van der Waals surface area (Å²) in [5.41, 5.74) is 6.09. The fourth-order valence-electron chi connectivity index (χ4n) is 2.17. The highest BCUT2D eigenvalue weighted by molar-refractivity contribution is 7.80. The maximum absolute atomic E-state index is 12.3. The molecule has 0 saturated heterocycles. The lowest BCUT2D eigenvalue weighted by atomic mass is 9.67. The summed E-state index contributed by atoms with van der Waals surface area (Å²) >= 11 is 5.04. The van der Waals surface area contributed by atoms with Gasteiger partial charge in [-0.2, -0.15) is 5.10 Å². The summed E-state index contributed by atoms with van der Waals surface area (Å²) in [6, 6.07) is 0. The second-order valence-corrected chi connectivity index (χ2v) is 5.01. The highest BCUT2D eigenvalue weighted by Crippen LogP contribution is 2.42. The van der Waals surface area contributed by atoms with Gasteiger partial charge in [0.25, 0.3) is 0 Å². The third-order valence-corrected chi connectivity index (χ3v) is 3.80. The van der Waals surface area contributed by atoms with Crippen LogP contribution in [-0.4, -0.2) is 33.0 Å². The van der Waals surface area contributed by atoms with Crippen molar-refractivity contribution in [2.24, 2.45) is 11.1 Å². The summed E-state index contributed by atoms with van der Waals surface area (Å²) in [4.78, 5) is 14.3. The van der Waals surface area contributed by atoms with Crippen molar-refractivity contribution in [1.82, 2.24) is 15.1 Å². The number of carbonyl (C=O) groups is 1. The molecule has 2 rings (SSSR count). The van der Waals surface area contributed by atoms with Crippen LogP contribution in [-0.2, 0) is 11.3 Å². The van der Waals surface area contributed by atoms with Crippen LogP contribution in [0.5, 0.6) is 0 Å². The van der Waals surface area contributed by atoms with Crippen LogP contribution < -0.4 is 5.73 Å². The molecule has 0 atom stereocenters. The Morgan fingerprint density at radius 3 is 2.82 bits per heavy atom. The Kier molecular flexibility index (Phi) is 3.15. The molecular formula is C11H16N4OS. The van der Waals surface area contributed by atoms with E-state index < -0.39 is 5.41 Å². The van der Waals surface area contributed by atoms with Crippen molar-refractivity contribution in [3.63, 3.8) is 0 Å². The van der Waals surface area contributed by atoms with Crippen molar-refractivity contribution < 1.29 is 4.79 Å². The zero-order valence-electron chi connectivity index (χ0n) is 9.77. The zero-order chi connectivity index (χ0) is 12.5. The van der Waals surface area contributed by atoms with Crippen molar-refractivity contribution in [3.8, 4) is 0 Å². The molecule has 1 aromatic heterocycles. The minimum atomic E-state index is -0.589. The first kappa shape index (κ1) is 12.0. The summed E-state index contributed by atoms with van der Waals surface area (Å²) in [6.45, 7) is 0.527. The molecule has 3 N–H and O–H groups in total. The third kappa shape index (κ3) is 2.04. The van der Waals surface area contributed by atoms with Gasteiger partial charge in [-0.15, -0.1) is 0 Å². The lowest BCUT2D eigenvalue weighted by Crippen LogP contribution is -2.53. The number of aromatic nitrogens is 2. The van der Waals surface area contributed by atoms with Gasteiger partial charge < -0.3 is 10.6 Å². The van der Waals surface area contributed by atoms with Crippen LogP contribution in [0.2, 0.25) is 0 Å². The van der Waals surface area contributed by atoms with Gasteiger partial charge in [0.2, 0.25) is 5.91 Å². The second kappa shape index (κ2) is 4.44. The number of carbonyl (C=O) groups excluding carboxylic acids is 1. The number of thiocarbonyl (C=S) groups is 1. The van der Waals surface area contributed by atoms with Crippen molar-refractivity contribution >= 4 is 23.1 Å². The molecule has 17 heavy (non-hydrogen) atoms. The standard InChI is InChI=1S/C11H16N4OS/c1-15(7-8-5-13-14-6-8)10(16)11(9(12)17)3-2-4-11/h5-6H,2-4,7H2,1H3,(H2,12,17)(H,13,14). The molecule has 1 heterocycles. The van der Waals surface area contributed by atoms with Gasteiger partial charge in [-0.3, -0.25) is 9.89 Å². The van der Waals surface area contributed by atoms with Gasteiger partial charge in [0, 0.05) is 25.4 Å². The van der Waals surface area contributed by atoms with Crippen molar-refractivity contribution in [2.45, 2.75) is 25.8 Å². The summed E-state index contributed by atoms with van der Waals surface area (Å²) in [5, 5.41) is 6.58. The molecule has 92 valence electrons. The Bertz CT molecular complexity index is 425. The van der Waals surface area contributed by atoms with Crippen LogP contribution in [0.25, 0.3) is 0 Å². The molecule has 1 saturated carbocycles. The zero-order valence-corrected chi connectivity index (χ0v) is 10.6. The van der Waals surface area contributed by atoms with Gasteiger partial charge in [0.1, 0.15) is 0 Å². The van der Waals surface area contributed by atoms with Gasteiger partial charge in [0.15, 0.2) is 0 Å². The number of aromatic amines is 1. The van der Waals surface area contributed by atoms with Gasteiger partial charge in [-0.05, 0) is 12.8 Å². The van der Waals surface area contributed by atoms with Crippen molar-refractivity contribution in [2.75, 3.05) is 7.05 Å². The fourth-order valence-corrected chi connectivity index (χ4v) is 2.46. The van der Waals surface area contributed by atoms with Crippen LogP contribution >= 0.6 is 12.2 Å². The van der Waals surface area contributed by atoms with Gasteiger partial charge >= 0.3 is 0 Å². The first-order chi connectivity index (χ1) is 8.06. The summed E-state index contributed by atoms with van der Waals surface area (Å²) < 4.78 is 0. The average Bonchev–Trinajstić information content (AvgIpc) is 2.67. The number of rotatable bonds is 4. The maximum atomic E-state index is 12.3. The first-order valence-corrected chi connectivity index (χ1v) is 6.00. The summed E-state index contributed by atoms with van der Waals surface area (Å²) in [5.74, 6) is 0.0254. The molecule has 0 aliphatic heterocycles. The monoisotopic (exact) mass is 252 g/mol. The topological polar surface area (TPSA) is 75.0 Å². The van der Waals surface area contributed by atoms with E-state index in [0.717, 1.165) is 24.8 Å². The molecule has 6 heteroatoms. The van der Waals surface area contributed by atoms with Crippen molar-refractivity contribution in [3.05, 3.63) is 18.0 Å². The normalized spacial score (nSPS) is 17.2. The lowest BCUT2D eigenvalue weighted by Gasteiger charge is -2.41. The molecule has 1 fully saturated rings. The molecular weight excluding hydrogens is 236 g/mol. The minimum Gasteiger partial charge on any atom is -0.392 e. The highest BCUT2D eigenvalue weighted by Gasteiger charge is 2.48. The quantitative estimate of drug-likeness (QED) is 0.778. The average molecular weight is 252 g/mol. The Hall–Kier alpha value is -1.43. The van der Waals surface area contributed by atoms with Crippen LogP contribution in [0.4, 0.5) is 0 Å². The Morgan fingerprint density at radius 1 is 1.71 bits per heavy atom. The van der Waals surface area contributed by atoms with E-state index in [1.54, 1.807) is 24.3 Å². The molecule has 1 aliphatic rings. The van der Waals surface area contributed by atoms with E-state index in [-0.39, 0.29) is 5.91 Å². The number of nitrogens with one attached hydrogen (secondary N) is 1. The predicted octanol–water partition coefficient (Wildman–Crippen LogP) is 0.825. The van der Waals surface area contributed by atoms with Crippen molar-refractivity contribution in [1.29, 1.82) is 0 Å². The molecule has 0 radical (unpaired) electrons. The fraction of sp³-hybridized carbons (Fsp3) is 0.545. The summed E-state index contributed by atoms with van der Waals surface area (Å²) in [6.07, 6.45) is 6.05. The molecule has 0 unspecified atom stereocenters. The van der Waals surface area contributed by atoms with E-state index in [1.807, 2.05) is 0 Å². The number of nitrogens with zero attached hydrogens (tertiary/aromatic N) is 2. The predicted molar refractivity (Wildman–Crippen MR) is 68.1 cm³/mol. The Labute approximate surface area is 105 Å². The number of nitrogens with two attached hydrogens (primary N) is 1. The van der Waals surface area contributed by atoms with Crippen LogP contribution in [0.1, 0.15) is 24.8 Å². The second-order valence-electron chi connectivity index (χ2n) is 4.57. The maximum Gasteiger partial charge on any atom is 0.235 e. The number of hydrogen-bond donors (Lipinski definition) is 2. The largest absolute Gasteiger partial charge is 0.392 e. The Morgan fingerprint density at radius 2 is 2.41 bits per heavy atom. The highest BCUT2D eigenvalue weighted by atomic mass is 32.1. The molecule has 1 amide bonds. The van der Waals surface area contributed by atoms with Crippen LogP contribution in [0, 0.1) is 5.41 Å². The Balaban J connectivity index is 2.06. The van der Waals surface area contributed by atoms with E-state index >= 15 is 0 Å². The van der Waals surface area contributed by atoms with Gasteiger partial charge in [-0.1, -0.05) is 18.6 Å². The summed E-state index contributed by atoms with van der Waals surface area (Å²) in [7, 11) is 1.77. The third-order valence-electron chi connectivity index (χ3n) is 3.41. The number of H-pyrrole nitrogens is 1. The van der Waals surface area contributed by atoms with E-state index in [2.05, 4.69) is 10.2 Å². The van der Waals surface area contributed by atoms with E-state index in [9.17, 15) is 4.79 Å². The van der Waals surface area contributed by atoms with E-state index in [4.69, 9.17) is 18.0 Å². The van der Waals surface area contributed by atoms with E-state index in [1.165, 1.54) is 0 Å². The van der Waals surface area contributed by atoms with Crippen LogP contribution in [0.15, 0.2) is 12.4 Å². The number of amides is 1. The molecule has 5 nitrogen and oxygen atoms in total. The molecule has 0 aromatic carbocycles. The molecule has 1 aromatic rings.